The summed E-state index contributed by atoms with van der Waals surface area (Å²) in [4.78, 5) is 11.5. The van der Waals surface area contributed by atoms with Crippen LogP contribution in [0.3, 0.4) is 0 Å². The molecule has 1 aromatic carbocycles. The average molecular weight is 252 g/mol. The predicted octanol–water partition coefficient (Wildman–Crippen LogP) is 0.706. The Balaban J connectivity index is 3.11. The molecular formula is C10H6ClN3O3. The van der Waals surface area contributed by atoms with Crippen LogP contribution in [0, 0.1) is 23.5 Å². The Bertz CT molecular complexity index is 730. The highest BCUT2D eigenvalue weighted by atomic mass is 35.5. The van der Waals surface area contributed by atoms with Gasteiger partial charge in [-0.1, -0.05) is 11.6 Å². The van der Waals surface area contributed by atoms with E-state index in [4.69, 9.17) is 16.9 Å². The van der Waals surface area contributed by atoms with E-state index in [1.807, 2.05) is 0 Å². The van der Waals surface area contributed by atoms with Crippen LogP contribution in [0.2, 0.25) is 5.02 Å². The fourth-order valence-electron chi connectivity index (χ4n) is 1.50. The van der Waals surface area contributed by atoms with Crippen LogP contribution in [-0.4, -0.2) is 9.94 Å². The van der Waals surface area contributed by atoms with Gasteiger partial charge in [0.25, 0.3) is 0 Å². The van der Waals surface area contributed by atoms with E-state index in [-0.39, 0.29) is 20.5 Å². The Morgan fingerprint density at radius 3 is 2.82 bits per heavy atom. The number of nitriles is 1. The normalized spacial score (nSPS) is 10.4. The van der Waals surface area contributed by atoms with E-state index in [1.165, 1.54) is 18.2 Å². The van der Waals surface area contributed by atoms with E-state index in [9.17, 15) is 15.2 Å². The molecule has 0 spiro atoms. The van der Waals surface area contributed by atoms with Gasteiger partial charge in [0.05, 0.1) is 5.02 Å². The lowest BCUT2D eigenvalue weighted by atomic mass is 10.2. The van der Waals surface area contributed by atoms with Gasteiger partial charge in [-0.2, -0.15) is 5.26 Å². The van der Waals surface area contributed by atoms with Crippen molar-refractivity contribution in [3.63, 3.8) is 0 Å². The molecule has 86 valence electrons. The molecule has 0 saturated heterocycles. The van der Waals surface area contributed by atoms with Crippen molar-refractivity contribution in [3.8, 4) is 6.07 Å². The number of rotatable bonds is 0. The van der Waals surface area contributed by atoms with Gasteiger partial charge in [0.2, 0.25) is 5.52 Å². The molecule has 1 aromatic heterocycles. The maximum absolute atomic E-state index is 11.7. The third-order valence-corrected chi connectivity index (χ3v) is 2.81. The van der Waals surface area contributed by atoms with E-state index in [0.29, 0.717) is 10.6 Å². The lowest BCUT2D eigenvalue weighted by Gasteiger charge is -2.07. The van der Waals surface area contributed by atoms with Crippen molar-refractivity contribution in [1.29, 1.82) is 5.26 Å². The van der Waals surface area contributed by atoms with Gasteiger partial charge in [-0.25, -0.2) is 0 Å². The van der Waals surface area contributed by atoms with Crippen LogP contribution in [0.5, 0.6) is 0 Å². The van der Waals surface area contributed by atoms with Crippen molar-refractivity contribution in [3.05, 3.63) is 44.0 Å². The highest BCUT2D eigenvalue weighted by Gasteiger charge is 2.21. The molecule has 0 fully saturated rings. The van der Waals surface area contributed by atoms with Gasteiger partial charge in [-0.3, -0.25) is 4.79 Å². The van der Waals surface area contributed by atoms with Crippen molar-refractivity contribution < 1.29 is 9.94 Å². The molecule has 0 unspecified atom stereocenters. The van der Waals surface area contributed by atoms with Crippen LogP contribution in [-0.2, 0) is 0 Å². The Morgan fingerprint density at radius 1 is 1.59 bits per heavy atom. The molecule has 0 bridgehead atoms. The van der Waals surface area contributed by atoms with Crippen LogP contribution in [0.1, 0.15) is 11.3 Å². The minimum absolute atomic E-state index is 0.00546. The first-order valence-electron chi connectivity index (χ1n) is 4.55. The number of fused-ring (bicyclic) bond motifs is 1. The first kappa shape index (κ1) is 11.2. The molecule has 0 aliphatic heterocycles. The number of halogens is 1. The summed E-state index contributed by atoms with van der Waals surface area (Å²) in [7, 11) is 0. The second kappa shape index (κ2) is 3.64. The topological polar surface area (TPSA) is 93.0 Å². The van der Waals surface area contributed by atoms with E-state index in [0.717, 1.165) is 0 Å². The first-order chi connectivity index (χ1) is 7.97. The van der Waals surface area contributed by atoms with E-state index in [1.54, 1.807) is 6.92 Å². The quantitative estimate of drug-likeness (QED) is 0.424. The Labute approximate surface area is 100 Å². The number of hydrogen-bond donors (Lipinski definition) is 1. The molecule has 0 amide bonds. The van der Waals surface area contributed by atoms with Crippen LogP contribution in [0.4, 0.5) is 0 Å². The van der Waals surface area contributed by atoms with Crippen molar-refractivity contribution in [2.24, 2.45) is 0 Å². The summed E-state index contributed by atoms with van der Waals surface area (Å²) in [5.74, 6) is 0. The molecule has 2 rings (SSSR count). The van der Waals surface area contributed by atoms with Crippen LogP contribution in [0.25, 0.3) is 11.0 Å². The minimum Gasteiger partial charge on any atom is -0.617 e. The standard InChI is InChI=1S/C10H6ClN3O3/c1-5-2-7-8(3-6(5)11)13(16)9(4-12)10(15)14(7)17/h2-3,17H,1H3. The molecule has 2 aromatic rings. The third kappa shape index (κ3) is 1.48. The van der Waals surface area contributed by atoms with Crippen molar-refractivity contribution in [2.45, 2.75) is 6.92 Å². The summed E-state index contributed by atoms with van der Waals surface area (Å²) in [5, 5.41) is 30.3. The Hall–Kier alpha value is -2.26. The number of aromatic nitrogens is 2. The number of nitrogens with zero attached hydrogens (tertiary/aromatic N) is 3. The summed E-state index contributed by atoms with van der Waals surface area (Å²) >= 11 is 5.84. The van der Waals surface area contributed by atoms with E-state index >= 15 is 0 Å². The maximum Gasteiger partial charge on any atom is 0.368 e. The highest BCUT2D eigenvalue weighted by Crippen LogP contribution is 2.20. The molecule has 0 radical (unpaired) electrons. The third-order valence-electron chi connectivity index (χ3n) is 2.41. The Kier molecular flexibility index (Phi) is 2.41. The highest BCUT2D eigenvalue weighted by molar-refractivity contribution is 6.31. The van der Waals surface area contributed by atoms with E-state index < -0.39 is 11.3 Å². The van der Waals surface area contributed by atoms with Crippen molar-refractivity contribution in [2.75, 3.05) is 0 Å². The molecule has 1 heterocycles. The number of benzene rings is 1. The van der Waals surface area contributed by atoms with Gasteiger partial charge in [-0.05, 0) is 18.6 Å². The smallest absolute Gasteiger partial charge is 0.368 e. The van der Waals surface area contributed by atoms with Crippen LogP contribution in [0.15, 0.2) is 16.9 Å². The summed E-state index contributed by atoms with van der Waals surface area (Å²) in [5.41, 5.74) is -1.20. The second-order valence-electron chi connectivity index (χ2n) is 3.46. The van der Waals surface area contributed by atoms with Crippen LogP contribution >= 0.6 is 11.6 Å². The second-order valence-corrected chi connectivity index (χ2v) is 3.87. The molecule has 0 aliphatic carbocycles. The number of aryl methyl sites for hydroxylation is 1. The zero-order valence-corrected chi connectivity index (χ0v) is 9.39. The van der Waals surface area contributed by atoms with Gasteiger partial charge >= 0.3 is 11.3 Å². The molecule has 17 heavy (non-hydrogen) atoms. The molecule has 6 nitrogen and oxygen atoms in total. The molecule has 1 N–H and O–H groups in total. The molecular weight excluding hydrogens is 246 g/mol. The summed E-state index contributed by atoms with van der Waals surface area (Å²) in [6.45, 7) is 1.67. The first-order valence-corrected chi connectivity index (χ1v) is 4.93. The molecule has 0 atom stereocenters. The van der Waals surface area contributed by atoms with Gasteiger partial charge in [-0.15, -0.1) is 9.46 Å². The lowest BCUT2D eigenvalue weighted by Crippen LogP contribution is -2.42. The Morgan fingerprint density at radius 2 is 2.24 bits per heavy atom. The largest absolute Gasteiger partial charge is 0.617 e. The van der Waals surface area contributed by atoms with Crippen LogP contribution < -0.4 is 10.3 Å². The SMILES string of the molecule is Cc1cc2c(cc1Cl)[n+]([O-])c(C#N)c(=O)n2O. The average Bonchev–Trinajstić information content (AvgIpc) is 2.30. The van der Waals surface area contributed by atoms with Crippen molar-refractivity contribution >= 4 is 22.6 Å². The minimum atomic E-state index is -1.06. The van der Waals surface area contributed by atoms with Gasteiger partial charge < -0.3 is 10.4 Å². The fraction of sp³-hybridized carbons (Fsp3) is 0.100. The predicted molar refractivity (Wildman–Crippen MR) is 58.8 cm³/mol. The summed E-state index contributed by atoms with van der Waals surface area (Å²) in [6.07, 6.45) is 0. The molecule has 0 saturated carbocycles. The monoisotopic (exact) mass is 251 g/mol. The lowest BCUT2D eigenvalue weighted by molar-refractivity contribution is -0.581. The zero-order valence-electron chi connectivity index (χ0n) is 8.64. The molecule has 7 heteroatoms. The summed E-state index contributed by atoms with van der Waals surface area (Å²) in [6, 6.07) is 4.14. The molecule has 0 aliphatic rings. The zero-order chi connectivity index (χ0) is 12.7. The maximum atomic E-state index is 11.7. The van der Waals surface area contributed by atoms with Gasteiger partial charge in [0.15, 0.2) is 11.6 Å². The van der Waals surface area contributed by atoms with E-state index in [2.05, 4.69) is 0 Å². The summed E-state index contributed by atoms with van der Waals surface area (Å²) < 4.78 is 0.432. The number of hydrogen-bond acceptors (Lipinski definition) is 4. The van der Waals surface area contributed by atoms with Gasteiger partial charge in [0.1, 0.15) is 0 Å². The fourth-order valence-corrected chi connectivity index (χ4v) is 1.66. The van der Waals surface area contributed by atoms with Crippen molar-refractivity contribution in [1.82, 2.24) is 4.73 Å². The van der Waals surface area contributed by atoms with Gasteiger partial charge in [0, 0.05) is 6.07 Å².